The van der Waals surface area contributed by atoms with Crippen molar-refractivity contribution in [2.24, 2.45) is 0 Å². The van der Waals surface area contributed by atoms with Crippen molar-refractivity contribution in [1.29, 1.82) is 0 Å². The summed E-state index contributed by atoms with van der Waals surface area (Å²) in [7, 11) is 0. The van der Waals surface area contributed by atoms with E-state index >= 15 is 0 Å². The van der Waals surface area contributed by atoms with Gasteiger partial charge in [-0.3, -0.25) is 4.68 Å². The van der Waals surface area contributed by atoms with Gasteiger partial charge in [-0.25, -0.2) is 0 Å². The fourth-order valence-electron chi connectivity index (χ4n) is 2.29. The van der Waals surface area contributed by atoms with Crippen molar-refractivity contribution in [1.82, 2.24) is 19.9 Å². The fraction of sp³-hybridized carbons (Fsp3) is 0.833. The minimum absolute atomic E-state index is 0.224. The van der Waals surface area contributed by atoms with Crippen LogP contribution in [0, 0.1) is 0 Å². The number of rotatable bonds is 7. The number of aryl methyl sites for hydroxylation is 2. The predicted molar refractivity (Wildman–Crippen MR) is 65.7 cm³/mol. The molecule has 0 unspecified atom stereocenters. The molecule has 2 heterocycles. The molecule has 1 aromatic rings. The number of hydrogen-bond donors (Lipinski definition) is 1. The van der Waals surface area contributed by atoms with E-state index in [9.17, 15) is 0 Å². The van der Waals surface area contributed by atoms with Crippen molar-refractivity contribution < 1.29 is 5.11 Å². The summed E-state index contributed by atoms with van der Waals surface area (Å²) in [4.78, 5) is 2.52. The normalized spacial score (nSPS) is 16.8. The summed E-state index contributed by atoms with van der Waals surface area (Å²) in [5, 5.41) is 16.9. The van der Waals surface area contributed by atoms with Gasteiger partial charge in [0.25, 0.3) is 0 Å². The molecule has 1 aliphatic heterocycles. The average molecular weight is 238 g/mol. The molecule has 17 heavy (non-hydrogen) atoms. The summed E-state index contributed by atoms with van der Waals surface area (Å²) >= 11 is 0. The number of aromatic nitrogens is 3. The first-order chi connectivity index (χ1) is 8.38. The Morgan fingerprint density at radius 3 is 2.76 bits per heavy atom. The van der Waals surface area contributed by atoms with E-state index in [0.29, 0.717) is 0 Å². The molecule has 1 aliphatic rings. The first-order valence-corrected chi connectivity index (χ1v) is 6.61. The van der Waals surface area contributed by atoms with E-state index in [4.69, 9.17) is 5.11 Å². The summed E-state index contributed by atoms with van der Waals surface area (Å²) < 4.78 is 1.92. The van der Waals surface area contributed by atoms with Crippen LogP contribution in [0.1, 0.15) is 31.4 Å². The van der Waals surface area contributed by atoms with Gasteiger partial charge >= 0.3 is 0 Å². The number of aliphatic hydroxyl groups excluding tert-OH is 1. The second kappa shape index (κ2) is 6.71. The molecular formula is C12H22N4O. The molecule has 1 fully saturated rings. The molecule has 2 rings (SSSR count). The van der Waals surface area contributed by atoms with Crippen LogP contribution < -0.4 is 0 Å². The van der Waals surface area contributed by atoms with E-state index in [1.54, 1.807) is 0 Å². The van der Waals surface area contributed by atoms with Gasteiger partial charge in [0.2, 0.25) is 0 Å². The molecule has 1 aromatic heterocycles. The van der Waals surface area contributed by atoms with E-state index in [1.165, 1.54) is 32.5 Å². The van der Waals surface area contributed by atoms with E-state index in [1.807, 2.05) is 10.9 Å². The molecule has 0 spiro atoms. The molecule has 0 amide bonds. The summed E-state index contributed by atoms with van der Waals surface area (Å²) in [5.41, 5.74) is 0.986. The monoisotopic (exact) mass is 238 g/mol. The average Bonchev–Trinajstić information content (AvgIpc) is 2.98. The van der Waals surface area contributed by atoms with Crippen LogP contribution in [0.2, 0.25) is 0 Å². The minimum atomic E-state index is 0.224. The molecule has 5 nitrogen and oxygen atoms in total. The van der Waals surface area contributed by atoms with Crippen molar-refractivity contribution in [2.75, 3.05) is 26.2 Å². The standard InChI is InChI=1S/C12H22N4O/c17-10-3-5-12-11-16(14-13-12)9-4-8-15-6-1-2-7-15/h11,17H,1-10H2. The quantitative estimate of drug-likeness (QED) is 0.759. The molecule has 0 aromatic carbocycles. The largest absolute Gasteiger partial charge is 0.396 e. The minimum Gasteiger partial charge on any atom is -0.396 e. The van der Waals surface area contributed by atoms with Gasteiger partial charge in [-0.2, -0.15) is 0 Å². The third kappa shape index (κ3) is 4.09. The maximum atomic E-state index is 8.74. The zero-order valence-electron chi connectivity index (χ0n) is 10.4. The van der Waals surface area contributed by atoms with Crippen LogP contribution in [0.4, 0.5) is 0 Å². The topological polar surface area (TPSA) is 54.2 Å². The van der Waals surface area contributed by atoms with E-state index in [2.05, 4.69) is 15.2 Å². The number of hydrogen-bond acceptors (Lipinski definition) is 4. The van der Waals surface area contributed by atoms with E-state index in [0.717, 1.165) is 31.5 Å². The lowest BCUT2D eigenvalue weighted by Crippen LogP contribution is -2.21. The Hall–Kier alpha value is -0.940. The summed E-state index contributed by atoms with van der Waals surface area (Å²) in [6.45, 7) is 4.87. The lowest BCUT2D eigenvalue weighted by molar-refractivity contribution is 0.288. The molecule has 0 saturated carbocycles. The molecule has 0 radical (unpaired) electrons. The lowest BCUT2D eigenvalue weighted by atomic mass is 10.2. The highest BCUT2D eigenvalue weighted by molar-refractivity contribution is 4.92. The van der Waals surface area contributed by atoms with Crippen LogP contribution in [0.25, 0.3) is 0 Å². The Morgan fingerprint density at radius 2 is 2.00 bits per heavy atom. The number of nitrogens with zero attached hydrogens (tertiary/aromatic N) is 4. The first kappa shape index (κ1) is 12.5. The SMILES string of the molecule is OCCCc1cn(CCCN2CCCC2)nn1. The van der Waals surface area contributed by atoms with Crippen LogP contribution >= 0.6 is 0 Å². The van der Waals surface area contributed by atoms with Gasteiger partial charge in [-0.05, 0) is 51.7 Å². The van der Waals surface area contributed by atoms with Crippen molar-refractivity contribution >= 4 is 0 Å². The van der Waals surface area contributed by atoms with E-state index in [-0.39, 0.29) is 6.61 Å². The maximum absolute atomic E-state index is 8.74. The van der Waals surface area contributed by atoms with Crippen LogP contribution in [0.15, 0.2) is 6.20 Å². The van der Waals surface area contributed by atoms with Gasteiger partial charge in [0.1, 0.15) is 0 Å². The predicted octanol–water partition coefficient (Wildman–Crippen LogP) is 0.689. The van der Waals surface area contributed by atoms with Crippen LogP contribution in [-0.4, -0.2) is 51.2 Å². The van der Waals surface area contributed by atoms with Gasteiger partial charge in [0, 0.05) is 19.3 Å². The Kier molecular flexibility index (Phi) is 4.94. The molecule has 96 valence electrons. The fourth-order valence-corrected chi connectivity index (χ4v) is 2.29. The molecule has 1 N–H and O–H groups in total. The summed E-state index contributed by atoms with van der Waals surface area (Å²) in [6.07, 6.45) is 7.45. The van der Waals surface area contributed by atoms with Crippen molar-refractivity contribution in [3.8, 4) is 0 Å². The van der Waals surface area contributed by atoms with Gasteiger partial charge in [-0.15, -0.1) is 5.10 Å². The van der Waals surface area contributed by atoms with Gasteiger partial charge < -0.3 is 10.0 Å². The highest BCUT2D eigenvalue weighted by atomic mass is 16.2. The van der Waals surface area contributed by atoms with Crippen LogP contribution in [-0.2, 0) is 13.0 Å². The van der Waals surface area contributed by atoms with Gasteiger partial charge in [0.15, 0.2) is 0 Å². The van der Waals surface area contributed by atoms with Gasteiger partial charge in [-0.1, -0.05) is 5.21 Å². The molecule has 5 heteroatoms. The van der Waals surface area contributed by atoms with Crippen molar-refractivity contribution in [3.05, 3.63) is 11.9 Å². The molecule has 0 bridgehead atoms. The summed E-state index contributed by atoms with van der Waals surface area (Å²) in [6, 6.07) is 0. The van der Waals surface area contributed by atoms with Crippen molar-refractivity contribution in [3.63, 3.8) is 0 Å². The molecule has 1 saturated heterocycles. The Bertz CT molecular complexity index is 320. The van der Waals surface area contributed by atoms with Crippen LogP contribution in [0.3, 0.4) is 0 Å². The maximum Gasteiger partial charge on any atom is 0.0828 e. The summed E-state index contributed by atoms with van der Waals surface area (Å²) in [5.74, 6) is 0. The molecule has 0 aliphatic carbocycles. The van der Waals surface area contributed by atoms with E-state index < -0.39 is 0 Å². The second-order valence-electron chi connectivity index (χ2n) is 4.70. The Balaban J connectivity index is 1.65. The number of aliphatic hydroxyl groups is 1. The second-order valence-corrected chi connectivity index (χ2v) is 4.70. The third-order valence-corrected chi connectivity index (χ3v) is 3.24. The first-order valence-electron chi connectivity index (χ1n) is 6.61. The molecular weight excluding hydrogens is 216 g/mol. The zero-order chi connectivity index (χ0) is 11.9. The highest BCUT2D eigenvalue weighted by Crippen LogP contribution is 2.07. The molecule has 0 atom stereocenters. The Labute approximate surface area is 102 Å². The zero-order valence-corrected chi connectivity index (χ0v) is 10.4. The van der Waals surface area contributed by atoms with Gasteiger partial charge in [0.05, 0.1) is 5.69 Å². The van der Waals surface area contributed by atoms with Crippen LogP contribution in [0.5, 0.6) is 0 Å². The lowest BCUT2D eigenvalue weighted by Gasteiger charge is -2.13. The number of likely N-dealkylation sites (tertiary alicyclic amines) is 1. The smallest absolute Gasteiger partial charge is 0.0828 e. The van der Waals surface area contributed by atoms with Crippen molar-refractivity contribution in [2.45, 2.75) is 38.6 Å². The highest BCUT2D eigenvalue weighted by Gasteiger charge is 2.10. The third-order valence-electron chi connectivity index (χ3n) is 3.24. The Morgan fingerprint density at radius 1 is 1.18 bits per heavy atom.